The minimum Gasteiger partial charge on any atom is -0.490 e. The zero-order valence-electron chi connectivity index (χ0n) is 14.9. The summed E-state index contributed by atoms with van der Waals surface area (Å²) >= 11 is 0. The lowest BCUT2D eigenvalue weighted by molar-refractivity contribution is 0.0527. The molecule has 0 fully saturated rings. The van der Waals surface area contributed by atoms with E-state index in [1.54, 1.807) is 20.9 Å². The van der Waals surface area contributed by atoms with Gasteiger partial charge in [-0.25, -0.2) is 4.79 Å². The van der Waals surface area contributed by atoms with Crippen LogP contribution in [-0.4, -0.2) is 41.8 Å². The third-order valence-corrected chi connectivity index (χ3v) is 3.56. The first kappa shape index (κ1) is 18.1. The van der Waals surface area contributed by atoms with Crippen molar-refractivity contribution >= 4 is 17.0 Å². The summed E-state index contributed by atoms with van der Waals surface area (Å²) in [6.45, 7) is 7.89. The molecule has 0 aliphatic heterocycles. The van der Waals surface area contributed by atoms with Crippen molar-refractivity contribution in [2.75, 3.05) is 20.2 Å². The summed E-state index contributed by atoms with van der Waals surface area (Å²) in [6.07, 6.45) is 0. The molecule has 1 unspecified atom stereocenters. The molecule has 2 rings (SSSR count). The van der Waals surface area contributed by atoms with Crippen molar-refractivity contribution < 1.29 is 19.1 Å². The van der Waals surface area contributed by atoms with Gasteiger partial charge >= 0.3 is 6.03 Å². The second-order valence-corrected chi connectivity index (χ2v) is 6.60. The number of hydrogen-bond acceptors (Lipinski definition) is 4. The van der Waals surface area contributed by atoms with Crippen LogP contribution in [0.15, 0.2) is 28.7 Å². The average molecular weight is 334 g/mol. The molecule has 0 radical (unpaired) electrons. The largest absolute Gasteiger partial charge is 0.490 e. The van der Waals surface area contributed by atoms with Crippen LogP contribution in [0.3, 0.4) is 0 Å². The molecule has 1 heterocycles. The van der Waals surface area contributed by atoms with Gasteiger partial charge in [0, 0.05) is 12.4 Å². The third-order valence-electron chi connectivity index (χ3n) is 3.56. The second kappa shape index (κ2) is 7.13. The number of rotatable bonds is 6. The molecule has 2 N–H and O–H groups in total. The Bertz CT molecular complexity index is 703. The zero-order valence-corrected chi connectivity index (χ0v) is 14.9. The molecule has 0 saturated heterocycles. The zero-order chi connectivity index (χ0) is 17.9. The number of nitrogens with one attached hydrogen (secondary N) is 1. The number of nitrogens with zero attached hydrogens (tertiary/aromatic N) is 1. The van der Waals surface area contributed by atoms with Crippen LogP contribution in [0.1, 0.15) is 39.5 Å². The highest BCUT2D eigenvalue weighted by Gasteiger charge is 2.22. The molecule has 0 aliphatic rings. The van der Waals surface area contributed by atoms with Crippen LogP contribution in [0.4, 0.5) is 4.79 Å². The topological polar surface area (TPSA) is 74.9 Å². The molecule has 1 aromatic heterocycles. The Hall–Kier alpha value is -2.21. The van der Waals surface area contributed by atoms with Gasteiger partial charge < -0.3 is 24.5 Å². The number of ether oxygens (including phenoxy) is 1. The standard InChI is InChI=1S/C18H26N2O4/c1-6-23-14-9-7-8-13-10-15(24-16(13)14)12(2)19-17(21)20(5)11-18(3,4)22/h7-10,12,22H,6,11H2,1-5H3,(H,19,21). The van der Waals surface area contributed by atoms with Gasteiger partial charge in [-0.2, -0.15) is 0 Å². The van der Waals surface area contributed by atoms with Crippen molar-refractivity contribution in [3.8, 4) is 5.75 Å². The lowest BCUT2D eigenvalue weighted by Gasteiger charge is -2.26. The number of hydrogen-bond donors (Lipinski definition) is 2. The van der Waals surface area contributed by atoms with Crippen molar-refractivity contribution in [2.24, 2.45) is 0 Å². The van der Waals surface area contributed by atoms with Gasteiger partial charge in [-0.1, -0.05) is 12.1 Å². The predicted octanol–water partition coefficient (Wildman–Crippen LogP) is 3.30. The SMILES string of the molecule is CCOc1cccc2cc(C(C)NC(=O)N(C)CC(C)(C)O)oc12. The number of amides is 2. The molecule has 6 nitrogen and oxygen atoms in total. The monoisotopic (exact) mass is 334 g/mol. The Morgan fingerprint density at radius 1 is 1.46 bits per heavy atom. The van der Waals surface area contributed by atoms with Crippen LogP contribution in [0.25, 0.3) is 11.0 Å². The molecule has 0 spiro atoms. The Kier molecular flexibility index (Phi) is 5.39. The normalized spacial score (nSPS) is 12.9. The number of carbonyl (C=O) groups excluding carboxylic acids is 1. The molecule has 132 valence electrons. The van der Waals surface area contributed by atoms with E-state index in [9.17, 15) is 9.90 Å². The van der Waals surface area contributed by atoms with Crippen molar-refractivity contribution in [3.05, 3.63) is 30.0 Å². The molecular formula is C18H26N2O4. The highest BCUT2D eigenvalue weighted by atomic mass is 16.5. The van der Waals surface area contributed by atoms with E-state index in [0.29, 0.717) is 23.7 Å². The summed E-state index contributed by atoms with van der Waals surface area (Å²) in [5.74, 6) is 1.35. The van der Waals surface area contributed by atoms with E-state index >= 15 is 0 Å². The number of aliphatic hydroxyl groups is 1. The van der Waals surface area contributed by atoms with Gasteiger partial charge in [0.05, 0.1) is 24.8 Å². The number of urea groups is 1. The maximum absolute atomic E-state index is 12.2. The lowest BCUT2D eigenvalue weighted by atomic mass is 10.1. The number of furan rings is 1. The van der Waals surface area contributed by atoms with E-state index in [1.807, 2.05) is 38.1 Å². The first-order chi connectivity index (χ1) is 11.2. The third kappa shape index (κ3) is 4.41. The number of carbonyl (C=O) groups is 1. The summed E-state index contributed by atoms with van der Waals surface area (Å²) in [4.78, 5) is 13.7. The van der Waals surface area contributed by atoms with Gasteiger partial charge in [-0.15, -0.1) is 0 Å². The first-order valence-corrected chi connectivity index (χ1v) is 8.10. The average Bonchev–Trinajstić information content (AvgIpc) is 2.91. The van der Waals surface area contributed by atoms with Gasteiger partial charge in [0.2, 0.25) is 0 Å². The predicted molar refractivity (Wildman–Crippen MR) is 93.3 cm³/mol. The minimum atomic E-state index is -0.943. The van der Waals surface area contributed by atoms with Gasteiger partial charge in [0.15, 0.2) is 11.3 Å². The van der Waals surface area contributed by atoms with Crippen molar-refractivity contribution in [2.45, 2.75) is 39.3 Å². The number of fused-ring (bicyclic) bond motifs is 1. The second-order valence-electron chi connectivity index (χ2n) is 6.60. The van der Waals surface area contributed by atoms with E-state index in [4.69, 9.17) is 9.15 Å². The fourth-order valence-electron chi connectivity index (χ4n) is 2.56. The van der Waals surface area contributed by atoms with E-state index in [1.165, 1.54) is 4.90 Å². The van der Waals surface area contributed by atoms with E-state index in [2.05, 4.69) is 5.32 Å². The summed E-state index contributed by atoms with van der Waals surface area (Å²) < 4.78 is 11.5. The molecule has 0 bridgehead atoms. The molecular weight excluding hydrogens is 308 g/mol. The van der Waals surface area contributed by atoms with E-state index in [-0.39, 0.29) is 18.6 Å². The van der Waals surface area contributed by atoms with Gasteiger partial charge in [0.1, 0.15) is 5.76 Å². The smallest absolute Gasteiger partial charge is 0.317 e. The Labute approximate surface area is 142 Å². The highest BCUT2D eigenvalue weighted by molar-refractivity contribution is 5.84. The fourth-order valence-corrected chi connectivity index (χ4v) is 2.56. The summed E-state index contributed by atoms with van der Waals surface area (Å²) in [6, 6.07) is 7.05. The number of benzene rings is 1. The van der Waals surface area contributed by atoms with Crippen LogP contribution in [0.5, 0.6) is 5.75 Å². The molecule has 0 saturated carbocycles. The Balaban J connectivity index is 2.12. The number of likely N-dealkylation sites (N-methyl/N-ethyl adjacent to an activating group) is 1. The quantitative estimate of drug-likeness (QED) is 0.850. The van der Waals surface area contributed by atoms with Gasteiger partial charge in [0.25, 0.3) is 0 Å². The maximum Gasteiger partial charge on any atom is 0.317 e. The Morgan fingerprint density at radius 2 is 2.17 bits per heavy atom. The Morgan fingerprint density at radius 3 is 2.79 bits per heavy atom. The molecule has 6 heteroatoms. The molecule has 0 aliphatic carbocycles. The van der Waals surface area contributed by atoms with E-state index < -0.39 is 5.60 Å². The van der Waals surface area contributed by atoms with Crippen molar-refractivity contribution in [1.82, 2.24) is 10.2 Å². The van der Waals surface area contributed by atoms with Crippen LogP contribution >= 0.6 is 0 Å². The van der Waals surface area contributed by atoms with Gasteiger partial charge in [-0.05, 0) is 39.8 Å². The fraction of sp³-hybridized carbons (Fsp3) is 0.500. The number of para-hydroxylation sites is 1. The lowest BCUT2D eigenvalue weighted by Crippen LogP contribution is -2.45. The van der Waals surface area contributed by atoms with E-state index in [0.717, 1.165) is 5.39 Å². The van der Waals surface area contributed by atoms with Crippen LogP contribution in [-0.2, 0) is 0 Å². The van der Waals surface area contributed by atoms with Gasteiger partial charge in [-0.3, -0.25) is 0 Å². The molecule has 2 aromatic rings. The van der Waals surface area contributed by atoms with Crippen LogP contribution < -0.4 is 10.1 Å². The minimum absolute atomic E-state index is 0.236. The highest BCUT2D eigenvalue weighted by Crippen LogP contribution is 2.31. The maximum atomic E-state index is 12.2. The van der Waals surface area contributed by atoms with Crippen molar-refractivity contribution in [3.63, 3.8) is 0 Å². The first-order valence-electron chi connectivity index (χ1n) is 8.10. The summed E-state index contributed by atoms with van der Waals surface area (Å²) in [7, 11) is 1.64. The van der Waals surface area contributed by atoms with Crippen LogP contribution in [0, 0.1) is 0 Å². The molecule has 1 aromatic carbocycles. The summed E-state index contributed by atoms with van der Waals surface area (Å²) in [5.41, 5.74) is -0.263. The molecule has 1 atom stereocenters. The molecule has 2 amide bonds. The van der Waals surface area contributed by atoms with Crippen LogP contribution in [0.2, 0.25) is 0 Å². The summed E-state index contributed by atoms with van der Waals surface area (Å²) in [5, 5.41) is 13.6. The van der Waals surface area contributed by atoms with Crippen molar-refractivity contribution in [1.29, 1.82) is 0 Å². The molecule has 24 heavy (non-hydrogen) atoms.